The molecule has 0 radical (unpaired) electrons. The van der Waals surface area contributed by atoms with E-state index in [4.69, 9.17) is 16.3 Å². The second-order valence-electron chi connectivity index (χ2n) is 7.14. The molecule has 3 heterocycles. The van der Waals surface area contributed by atoms with Gasteiger partial charge in [-0.3, -0.25) is 9.59 Å². The van der Waals surface area contributed by atoms with Gasteiger partial charge < -0.3 is 20.3 Å². The molecule has 2 aliphatic rings. The first-order valence-corrected chi connectivity index (χ1v) is 10.4. The Balaban J connectivity index is 1.38. The standard InChI is InChI=1S/C20H22ClN3O3S/c1-27-14-4-2-12(3-5-14)8-16-20(26)24-11-13(9-17(24)19(25)23-16)22-10-15-6-7-18(21)28-15/h2-7,13,16-17,22H,8-11H2,1H3,(H,23,25)/t13-,16-,17-/m0/s1. The predicted molar refractivity (Wildman–Crippen MR) is 109 cm³/mol. The molecule has 8 heteroatoms. The lowest BCUT2D eigenvalue weighted by Gasteiger charge is -2.34. The SMILES string of the molecule is COc1ccc(C[C@@H]2NC(=O)[C@@H]3C[C@H](NCc4ccc(Cl)s4)CN3C2=O)cc1. The summed E-state index contributed by atoms with van der Waals surface area (Å²) in [5, 5.41) is 6.36. The van der Waals surface area contributed by atoms with E-state index in [0.29, 0.717) is 25.9 Å². The third kappa shape index (κ3) is 4.01. The topological polar surface area (TPSA) is 70.7 Å². The van der Waals surface area contributed by atoms with E-state index >= 15 is 0 Å². The summed E-state index contributed by atoms with van der Waals surface area (Å²) >= 11 is 7.51. The summed E-state index contributed by atoms with van der Waals surface area (Å²) in [6.45, 7) is 1.24. The molecule has 2 aliphatic heterocycles. The molecule has 1 aromatic carbocycles. The summed E-state index contributed by atoms with van der Waals surface area (Å²) in [6, 6.07) is 10.6. The first-order valence-electron chi connectivity index (χ1n) is 9.25. The van der Waals surface area contributed by atoms with Gasteiger partial charge in [-0.1, -0.05) is 23.7 Å². The smallest absolute Gasteiger partial charge is 0.246 e. The van der Waals surface area contributed by atoms with Crippen molar-refractivity contribution in [3.05, 3.63) is 51.2 Å². The molecule has 28 heavy (non-hydrogen) atoms. The van der Waals surface area contributed by atoms with Crippen LogP contribution in [0.1, 0.15) is 16.9 Å². The fraction of sp³-hybridized carbons (Fsp3) is 0.400. The van der Waals surface area contributed by atoms with Crippen LogP contribution in [0.25, 0.3) is 0 Å². The van der Waals surface area contributed by atoms with E-state index in [1.54, 1.807) is 12.0 Å². The zero-order chi connectivity index (χ0) is 19.7. The van der Waals surface area contributed by atoms with E-state index in [0.717, 1.165) is 20.5 Å². The van der Waals surface area contributed by atoms with Crippen molar-refractivity contribution < 1.29 is 14.3 Å². The maximum atomic E-state index is 12.9. The van der Waals surface area contributed by atoms with Gasteiger partial charge in [0.15, 0.2) is 0 Å². The fourth-order valence-corrected chi connectivity index (χ4v) is 4.87. The van der Waals surface area contributed by atoms with Crippen LogP contribution in [0.15, 0.2) is 36.4 Å². The predicted octanol–water partition coefficient (Wildman–Crippen LogP) is 2.21. The van der Waals surface area contributed by atoms with Crippen LogP contribution in [-0.4, -0.2) is 48.5 Å². The summed E-state index contributed by atoms with van der Waals surface area (Å²) in [6.07, 6.45) is 1.11. The Kier molecular flexibility index (Phi) is 5.57. The van der Waals surface area contributed by atoms with Crippen molar-refractivity contribution in [2.24, 2.45) is 0 Å². The van der Waals surface area contributed by atoms with Gasteiger partial charge in [-0.15, -0.1) is 11.3 Å². The largest absolute Gasteiger partial charge is 0.497 e. The lowest BCUT2D eigenvalue weighted by atomic mass is 10.0. The van der Waals surface area contributed by atoms with E-state index in [1.807, 2.05) is 36.4 Å². The van der Waals surface area contributed by atoms with Crippen LogP contribution < -0.4 is 15.4 Å². The van der Waals surface area contributed by atoms with E-state index < -0.39 is 6.04 Å². The monoisotopic (exact) mass is 419 g/mol. The molecular weight excluding hydrogens is 398 g/mol. The third-order valence-corrected chi connectivity index (χ3v) is 6.53. The van der Waals surface area contributed by atoms with Crippen molar-refractivity contribution in [1.82, 2.24) is 15.5 Å². The molecule has 2 saturated heterocycles. The molecule has 2 aromatic rings. The molecule has 1 aromatic heterocycles. The number of ether oxygens (including phenoxy) is 1. The number of fused-ring (bicyclic) bond motifs is 1. The molecule has 0 bridgehead atoms. The highest BCUT2D eigenvalue weighted by molar-refractivity contribution is 7.16. The number of amides is 2. The first kappa shape index (κ1) is 19.2. The van der Waals surface area contributed by atoms with Gasteiger partial charge in [0.2, 0.25) is 11.8 Å². The molecule has 6 nitrogen and oxygen atoms in total. The van der Waals surface area contributed by atoms with Crippen molar-refractivity contribution >= 4 is 34.8 Å². The van der Waals surface area contributed by atoms with Gasteiger partial charge in [0.1, 0.15) is 17.8 Å². The van der Waals surface area contributed by atoms with Crippen LogP contribution in [-0.2, 0) is 22.6 Å². The lowest BCUT2D eigenvalue weighted by molar-refractivity contribution is -0.147. The van der Waals surface area contributed by atoms with Crippen LogP contribution in [0.3, 0.4) is 0 Å². The van der Waals surface area contributed by atoms with Crippen LogP contribution in [0.2, 0.25) is 4.34 Å². The maximum absolute atomic E-state index is 12.9. The molecule has 3 atom stereocenters. The Bertz CT molecular complexity index is 870. The average Bonchev–Trinajstić information content (AvgIpc) is 3.31. The Morgan fingerprint density at radius 2 is 2.04 bits per heavy atom. The van der Waals surface area contributed by atoms with Crippen LogP contribution >= 0.6 is 22.9 Å². The number of methoxy groups -OCH3 is 1. The van der Waals surface area contributed by atoms with Crippen molar-refractivity contribution in [2.45, 2.75) is 37.5 Å². The number of piperazine rings is 1. The van der Waals surface area contributed by atoms with E-state index in [1.165, 1.54) is 11.3 Å². The van der Waals surface area contributed by atoms with Gasteiger partial charge in [0.05, 0.1) is 11.4 Å². The second-order valence-corrected chi connectivity index (χ2v) is 8.94. The van der Waals surface area contributed by atoms with Gasteiger partial charge in [0.25, 0.3) is 0 Å². The molecule has 0 saturated carbocycles. The Hall–Kier alpha value is -2.09. The van der Waals surface area contributed by atoms with Crippen molar-refractivity contribution in [2.75, 3.05) is 13.7 Å². The average molecular weight is 420 g/mol. The highest BCUT2D eigenvalue weighted by Gasteiger charge is 2.46. The quantitative estimate of drug-likeness (QED) is 0.753. The normalized spacial score (nSPS) is 24.2. The van der Waals surface area contributed by atoms with Crippen LogP contribution in [0.4, 0.5) is 0 Å². The van der Waals surface area contributed by atoms with Crippen molar-refractivity contribution in [3.63, 3.8) is 0 Å². The fourth-order valence-electron chi connectivity index (χ4n) is 3.83. The number of nitrogens with zero attached hydrogens (tertiary/aromatic N) is 1. The van der Waals surface area contributed by atoms with E-state index in [9.17, 15) is 9.59 Å². The minimum atomic E-state index is -0.521. The number of nitrogens with one attached hydrogen (secondary N) is 2. The number of carbonyl (C=O) groups is 2. The van der Waals surface area contributed by atoms with Gasteiger partial charge in [-0.25, -0.2) is 0 Å². The van der Waals surface area contributed by atoms with Crippen LogP contribution in [0, 0.1) is 0 Å². The Labute approximate surface area is 172 Å². The zero-order valence-electron chi connectivity index (χ0n) is 15.5. The molecule has 0 unspecified atom stereocenters. The summed E-state index contributed by atoms with van der Waals surface area (Å²) in [5.74, 6) is 0.689. The number of benzene rings is 1. The molecular formula is C20H22ClN3O3S. The highest BCUT2D eigenvalue weighted by atomic mass is 35.5. The molecule has 2 fully saturated rings. The third-order valence-electron chi connectivity index (χ3n) is 5.29. The summed E-state index contributed by atoms with van der Waals surface area (Å²) < 4.78 is 5.92. The zero-order valence-corrected chi connectivity index (χ0v) is 17.1. The summed E-state index contributed by atoms with van der Waals surface area (Å²) in [4.78, 5) is 28.4. The molecule has 0 spiro atoms. The van der Waals surface area contributed by atoms with Crippen LogP contribution in [0.5, 0.6) is 5.75 Å². The number of hydrogen-bond acceptors (Lipinski definition) is 5. The van der Waals surface area contributed by atoms with Gasteiger partial charge in [-0.05, 0) is 36.2 Å². The lowest BCUT2D eigenvalue weighted by Crippen LogP contribution is -2.61. The van der Waals surface area contributed by atoms with Gasteiger partial charge in [-0.2, -0.15) is 0 Å². The second kappa shape index (κ2) is 8.11. The summed E-state index contributed by atoms with van der Waals surface area (Å²) in [5.41, 5.74) is 0.987. The Morgan fingerprint density at radius 3 is 2.71 bits per heavy atom. The van der Waals surface area contributed by atoms with Gasteiger partial charge in [0, 0.05) is 30.4 Å². The number of rotatable bonds is 6. The minimum absolute atomic E-state index is 0.0103. The van der Waals surface area contributed by atoms with E-state index in [2.05, 4.69) is 10.6 Å². The maximum Gasteiger partial charge on any atom is 0.246 e. The number of hydrogen-bond donors (Lipinski definition) is 2. The highest BCUT2D eigenvalue weighted by Crippen LogP contribution is 2.26. The van der Waals surface area contributed by atoms with Crippen molar-refractivity contribution in [1.29, 1.82) is 0 Å². The molecule has 2 N–H and O–H groups in total. The minimum Gasteiger partial charge on any atom is -0.497 e. The van der Waals surface area contributed by atoms with E-state index in [-0.39, 0.29) is 23.9 Å². The van der Waals surface area contributed by atoms with Crippen molar-refractivity contribution in [3.8, 4) is 5.75 Å². The summed E-state index contributed by atoms with van der Waals surface area (Å²) in [7, 11) is 1.62. The number of carbonyl (C=O) groups excluding carboxylic acids is 2. The number of halogens is 1. The molecule has 148 valence electrons. The first-order chi connectivity index (χ1) is 13.5. The van der Waals surface area contributed by atoms with Gasteiger partial charge >= 0.3 is 0 Å². The molecule has 4 rings (SSSR count). The number of thiophene rings is 1. The molecule has 0 aliphatic carbocycles. The Morgan fingerprint density at radius 1 is 1.25 bits per heavy atom. The molecule has 2 amide bonds.